The first-order chi connectivity index (χ1) is 38.1. The average molecular weight is 1090 g/mol. The van der Waals surface area contributed by atoms with E-state index in [1.807, 2.05) is 22.8 Å². The molecule has 1 unspecified atom stereocenters. The second-order valence-corrected chi connectivity index (χ2v) is 23.5. The van der Waals surface area contributed by atoms with Crippen molar-refractivity contribution in [1.82, 2.24) is 44.1 Å². The number of aliphatic hydroxyl groups is 1. The Bertz CT molecular complexity index is 3440. The van der Waals surface area contributed by atoms with Crippen LogP contribution in [0.4, 0.5) is 19.4 Å². The molecule has 6 fully saturated rings. The average Bonchev–Trinajstić information content (AvgIpc) is 4.33. The molecule has 3 aromatic carbocycles. The number of piperidine rings is 4. The van der Waals surface area contributed by atoms with Gasteiger partial charge in [-0.1, -0.05) is 19.1 Å². The maximum absolute atomic E-state index is 17.3. The Hall–Kier alpha value is -6.77. The lowest BCUT2D eigenvalue weighted by atomic mass is 9.88. The molecule has 3 N–H and O–H groups in total. The number of hydrogen-bond acceptors (Lipinski definition) is 14. The van der Waals surface area contributed by atoms with Gasteiger partial charge in [-0.05, 0) is 168 Å². The monoisotopic (exact) mass is 1080 g/mol. The molecule has 0 spiro atoms. The highest BCUT2D eigenvalue weighted by Gasteiger charge is 2.50. The molecule has 6 aliphatic rings. The number of aromatic hydroxyl groups is 1. The van der Waals surface area contributed by atoms with Gasteiger partial charge in [0.1, 0.15) is 47.9 Å². The quantitative estimate of drug-likeness (QED) is 0.102. The van der Waals surface area contributed by atoms with E-state index in [0.717, 1.165) is 94.1 Å². The van der Waals surface area contributed by atoms with Crippen molar-refractivity contribution in [2.45, 2.75) is 126 Å². The molecule has 0 bridgehead atoms. The molecular weight excluding hydrogens is 1010 g/mol. The summed E-state index contributed by atoms with van der Waals surface area (Å²) in [6, 6.07) is 11.3. The van der Waals surface area contributed by atoms with Crippen molar-refractivity contribution in [2.24, 2.45) is 13.0 Å². The highest BCUT2D eigenvalue weighted by Crippen LogP contribution is 2.44. The van der Waals surface area contributed by atoms with Crippen molar-refractivity contribution in [3.05, 3.63) is 81.9 Å². The molecule has 3 amide bonds. The lowest BCUT2D eigenvalue weighted by Crippen LogP contribution is -2.49. The van der Waals surface area contributed by atoms with Gasteiger partial charge >= 0.3 is 17.8 Å². The van der Waals surface area contributed by atoms with Crippen LogP contribution in [0.3, 0.4) is 0 Å². The number of imidazole rings is 1. The number of phenolic OH excluding ortho intramolecular Hbond substituents is 1. The van der Waals surface area contributed by atoms with Gasteiger partial charge in [0, 0.05) is 64.0 Å². The van der Waals surface area contributed by atoms with Crippen molar-refractivity contribution >= 4 is 56.4 Å². The van der Waals surface area contributed by atoms with Gasteiger partial charge in [-0.3, -0.25) is 33.9 Å². The summed E-state index contributed by atoms with van der Waals surface area (Å²) in [5.41, 5.74) is 1.51. The topological polar surface area (TPSA) is 201 Å². The molecule has 20 heteroatoms. The molecule has 0 saturated carbocycles. The van der Waals surface area contributed by atoms with Gasteiger partial charge in [0.25, 0.3) is 0 Å². The number of imide groups is 1. The molecule has 0 radical (unpaired) electrons. The number of rotatable bonds is 12. The van der Waals surface area contributed by atoms with Crippen molar-refractivity contribution in [3.8, 4) is 23.0 Å². The van der Waals surface area contributed by atoms with Gasteiger partial charge in [-0.2, -0.15) is 9.97 Å². The predicted molar refractivity (Wildman–Crippen MR) is 293 cm³/mol. The Morgan fingerprint density at radius 2 is 1.70 bits per heavy atom. The second kappa shape index (κ2) is 21.0. The van der Waals surface area contributed by atoms with Gasteiger partial charge in [-0.25, -0.2) is 18.4 Å². The number of pyridine rings is 1. The number of amides is 3. The number of aromatic nitrogens is 5. The first-order valence-electron chi connectivity index (χ1n) is 28.4. The van der Waals surface area contributed by atoms with Gasteiger partial charge in [0.2, 0.25) is 11.8 Å². The predicted octanol–water partition coefficient (Wildman–Crippen LogP) is 7.48. The van der Waals surface area contributed by atoms with E-state index in [0.29, 0.717) is 84.7 Å². The lowest BCUT2D eigenvalue weighted by Gasteiger charge is -2.38. The van der Waals surface area contributed by atoms with Gasteiger partial charge in [0.15, 0.2) is 5.82 Å². The Labute approximate surface area is 456 Å². The van der Waals surface area contributed by atoms with E-state index in [9.17, 15) is 29.4 Å². The number of nitrogens with zero attached hydrogens (tertiary/aromatic N) is 9. The highest BCUT2D eigenvalue weighted by molar-refractivity contribution is 6.02. The van der Waals surface area contributed by atoms with Crippen LogP contribution in [-0.2, 0) is 27.8 Å². The summed E-state index contributed by atoms with van der Waals surface area (Å²) in [6.45, 7) is 9.90. The Morgan fingerprint density at radius 3 is 2.47 bits per heavy atom. The molecule has 18 nitrogen and oxygen atoms in total. The number of carbonyl (C=O) groups excluding carboxylic acids is 3. The van der Waals surface area contributed by atoms with Crippen LogP contribution < -0.4 is 20.6 Å². The first kappa shape index (κ1) is 52.9. The van der Waals surface area contributed by atoms with Crippen LogP contribution in [0.5, 0.6) is 11.8 Å². The molecule has 3 aromatic heterocycles. The number of anilines is 1. The van der Waals surface area contributed by atoms with E-state index >= 15 is 8.78 Å². The summed E-state index contributed by atoms with van der Waals surface area (Å²) in [6.07, 6.45) is 10.5. The number of benzene rings is 3. The number of aryl methyl sites for hydroxylation is 2. The largest absolute Gasteiger partial charge is 0.508 e. The standard InChI is InChI=1S/C59H70F2N10O8/c1-4-41-44(60)9-7-38-27-40(72)29-42(49(38)41)51-50(61)52-43(30-62-51)53(69-21-5-18-58(2,77)33-69)65-55(64-52)79-34-59-19-6-22-70(59)39(13-20-59)32-78-57(76)68-25-14-35(15-26-68)31-67-23-16-36(17-24-67)37-8-10-45-47(28-37)71(56(75)66(45)3)46-11-12-48(73)63-54(46)74/h7-10,27-30,35-36,39,46,72,77H,4-6,11-26,31-34H2,1-3H3,(H,63,73,74)/t39-,46?,58+,59-/m0/s1. The van der Waals surface area contributed by atoms with Crippen LogP contribution in [-0.4, -0.2) is 150 Å². The number of hydrogen-bond donors (Lipinski definition) is 3. The van der Waals surface area contributed by atoms with Crippen LogP contribution in [0.1, 0.15) is 114 Å². The van der Waals surface area contributed by atoms with E-state index in [4.69, 9.17) is 19.4 Å². The minimum atomic E-state index is -1.00. The lowest BCUT2D eigenvalue weighted by molar-refractivity contribution is -0.135. The summed E-state index contributed by atoms with van der Waals surface area (Å²) < 4.78 is 48.3. The zero-order valence-electron chi connectivity index (χ0n) is 45.3. The zero-order chi connectivity index (χ0) is 54.9. The fourth-order valence-corrected chi connectivity index (χ4v) is 14.2. The smallest absolute Gasteiger partial charge is 0.409 e. The SMILES string of the molecule is CCc1c(F)ccc2cc(O)cc(-c3ncc4c(N5CCC[C@@](C)(O)C5)nc(OC[C@@]56CCCN5[C@H](COC(=O)N5CCC(CN7CCC(c8ccc9c(c8)n(C8CCC(=O)NC8=O)c(=O)n9C)CC7)CC5)CC6)nc4c3F)c12. The molecule has 6 aliphatic heterocycles. The zero-order valence-corrected chi connectivity index (χ0v) is 45.3. The molecule has 418 valence electrons. The number of β-amino-alcohol motifs (C(OH)–C–C–N with tert-alkyl or cyclic N) is 1. The number of likely N-dealkylation sites (tertiary alicyclic amines) is 2. The van der Waals surface area contributed by atoms with Crippen molar-refractivity contribution < 1.29 is 42.9 Å². The molecule has 4 atom stereocenters. The summed E-state index contributed by atoms with van der Waals surface area (Å²) >= 11 is 0. The molecule has 0 aliphatic carbocycles. The summed E-state index contributed by atoms with van der Waals surface area (Å²) in [5, 5.41) is 25.7. The fraction of sp³-hybridized carbons (Fsp3) is 0.542. The van der Waals surface area contributed by atoms with E-state index in [-0.39, 0.29) is 84.0 Å². The summed E-state index contributed by atoms with van der Waals surface area (Å²) in [4.78, 5) is 74.5. The minimum Gasteiger partial charge on any atom is -0.508 e. The highest BCUT2D eigenvalue weighted by atomic mass is 19.1. The fourth-order valence-electron chi connectivity index (χ4n) is 14.2. The third-order valence-corrected chi connectivity index (χ3v) is 18.4. The molecular formula is C59H70F2N10O8. The molecule has 79 heavy (non-hydrogen) atoms. The van der Waals surface area contributed by atoms with E-state index in [2.05, 4.69) is 32.2 Å². The number of ether oxygens (including phenoxy) is 2. The summed E-state index contributed by atoms with van der Waals surface area (Å²) in [7, 11) is 1.71. The van der Waals surface area contributed by atoms with E-state index < -0.39 is 29.2 Å². The van der Waals surface area contributed by atoms with Crippen molar-refractivity contribution in [3.63, 3.8) is 0 Å². The molecule has 12 rings (SSSR count). The number of phenols is 1. The third kappa shape index (κ3) is 9.95. The van der Waals surface area contributed by atoms with Crippen LogP contribution >= 0.6 is 0 Å². The molecule has 9 heterocycles. The van der Waals surface area contributed by atoms with Gasteiger partial charge in [-0.15, -0.1) is 0 Å². The van der Waals surface area contributed by atoms with Crippen LogP contribution in [0.2, 0.25) is 0 Å². The van der Waals surface area contributed by atoms with Crippen LogP contribution in [0.15, 0.2) is 53.5 Å². The summed E-state index contributed by atoms with van der Waals surface area (Å²) in [5.74, 6) is -0.869. The molecule has 6 aromatic rings. The first-order valence-corrected chi connectivity index (χ1v) is 28.4. The van der Waals surface area contributed by atoms with Crippen molar-refractivity contribution in [2.75, 3.05) is 70.5 Å². The number of carbonyl (C=O) groups is 3. The number of halogens is 2. The van der Waals surface area contributed by atoms with Gasteiger partial charge in [0.05, 0.1) is 27.6 Å². The third-order valence-electron chi connectivity index (χ3n) is 18.4. The Morgan fingerprint density at radius 1 is 0.899 bits per heavy atom. The van der Waals surface area contributed by atoms with Crippen molar-refractivity contribution in [1.29, 1.82) is 0 Å². The van der Waals surface area contributed by atoms with Crippen LogP contribution in [0.25, 0.3) is 44.0 Å². The number of nitrogens with one attached hydrogen (secondary N) is 1. The van der Waals surface area contributed by atoms with Gasteiger partial charge < -0.3 is 34.4 Å². The van der Waals surface area contributed by atoms with E-state index in [1.54, 1.807) is 29.2 Å². The maximum Gasteiger partial charge on any atom is 0.409 e. The molecule has 6 saturated heterocycles. The van der Waals surface area contributed by atoms with Crippen LogP contribution in [0, 0.1) is 17.6 Å². The minimum absolute atomic E-state index is 0.00475. The maximum atomic E-state index is 17.3. The number of fused-ring (bicyclic) bond motifs is 4. The Kier molecular flexibility index (Phi) is 14.1. The van der Waals surface area contributed by atoms with E-state index in [1.165, 1.54) is 24.4 Å². The Balaban J connectivity index is 0.668. The normalized spacial score (nSPS) is 24.7. The second-order valence-electron chi connectivity index (χ2n) is 23.5.